The lowest BCUT2D eigenvalue weighted by atomic mass is 10.0. The maximum atomic E-state index is 14.5. The van der Waals surface area contributed by atoms with Gasteiger partial charge in [-0.1, -0.05) is 6.07 Å². The fourth-order valence-corrected chi connectivity index (χ4v) is 3.53. The van der Waals surface area contributed by atoms with E-state index in [1.54, 1.807) is 32.2 Å². The fraction of sp³-hybridized carbons (Fsp3) is 0.208. The molecule has 4 aromatic rings. The Balaban J connectivity index is 1.80. The lowest BCUT2D eigenvalue weighted by molar-refractivity contribution is 0.0962. The van der Waals surface area contributed by atoms with E-state index < -0.39 is 18.8 Å². The monoisotopic (exact) mass is 485 g/mol. The van der Waals surface area contributed by atoms with Crippen molar-refractivity contribution >= 4 is 17.2 Å². The molecule has 182 valence electrons. The lowest BCUT2D eigenvalue weighted by Crippen LogP contribution is -2.18. The molecule has 2 aromatic carbocycles. The van der Waals surface area contributed by atoms with Crippen LogP contribution in [0.2, 0.25) is 0 Å². The van der Waals surface area contributed by atoms with E-state index >= 15 is 0 Å². The van der Waals surface area contributed by atoms with E-state index in [1.165, 1.54) is 36.0 Å². The van der Waals surface area contributed by atoms with Gasteiger partial charge in [-0.15, -0.1) is 5.10 Å². The number of benzene rings is 2. The number of hydrogen-bond donors (Lipinski definition) is 2. The Morgan fingerprint density at radius 3 is 2.63 bits per heavy atom. The number of nitrogens with zero attached hydrogens (tertiary/aromatic N) is 3. The third-order valence-corrected chi connectivity index (χ3v) is 5.24. The number of aryl methyl sites for hydroxylation is 1. The van der Waals surface area contributed by atoms with Crippen LogP contribution in [0.4, 0.5) is 18.9 Å². The van der Waals surface area contributed by atoms with Crippen LogP contribution in [0.25, 0.3) is 16.9 Å². The molecule has 0 spiro atoms. The third-order valence-electron chi connectivity index (χ3n) is 5.24. The Bertz CT molecular complexity index is 1390. The van der Waals surface area contributed by atoms with E-state index in [2.05, 4.69) is 20.7 Å². The summed E-state index contributed by atoms with van der Waals surface area (Å²) in [5, 5.41) is 9.63. The lowest BCUT2D eigenvalue weighted by Gasteiger charge is -2.12. The van der Waals surface area contributed by atoms with E-state index in [0.717, 1.165) is 11.6 Å². The van der Waals surface area contributed by atoms with Gasteiger partial charge < -0.3 is 20.1 Å². The summed E-state index contributed by atoms with van der Waals surface area (Å²) in [5.74, 6) is -0.758. The maximum Gasteiger partial charge on any atom is 0.255 e. The van der Waals surface area contributed by atoms with E-state index in [-0.39, 0.29) is 28.9 Å². The highest BCUT2D eigenvalue weighted by Gasteiger charge is 2.17. The number of carbonyl (C=O) groups is 1. The summed E-state index contributed by atoms with van der Waals surface area (Å²) in [6.45, 7) is 1.17. The van der Waals surface area contributed by atoms with Crippen LogP contribution in [0.15, 0.2) is 48.7 Å². The SMILES string of the molecule is CNC(=O)c1ccc(-c2cnc3c(NCC(F)F)cc(Oc4ccc(OC)cc4F)nn23)cc1C. The zero-order chi connectivity index (χ0) is 25.1. The number of ether oxygens (including phenoxy) is 2. The van der Waals surface area contributed by atoms with Gasteiger partial charge in [-0.3, -0.25) is 4.79 Å². The van der Waals surface area contributed by atoms with Crippen LogP contribution in [0, 0.1) is 12.7 Å². The van der Waals surface area contributed by atoms with Crippen molar-refractivity contribution in [1.82, 2.24) is 19.9 Å². The number of halogens is 3. The number of alkyl halides is 2. The molecule has 0 atom stereocenters. The average Bonchev–Trinajstić information content (AvgIpc) is 3.27. The van der Waals surface area contributed by atoms with Crippen molar-refractivity contribution in [2.24, 2.45) is 0 Å². The molecule has 2 N–H and O–H groups in total. The summed E-state index contributed by atoms with van der Waals surface area (Å²) in [4.78, 5) is 16.4. The Morgan fingerprint density at radius 1 is 1.17 bits per heavy atom. The van der Waals surface area contributed by atoms with Crippen molar-refractivity contribution in [2.45, 2.75) is 13.3 Å². The molecule has 35 heavy (non-hydrogen) atoms. The number of hydrogen-bond acceptors (Lipinski definition) is 6. The van der Waals surface area contributed by atoms with E-state index in [1.807, 2.05) is 0 Å². The smallest absolute Gasteiger partial charge is 0.255 e. The van der Waals surface area contributed by atoms with Crippen molar-refractivity contribution in [1.29, 1.82) is 0 Å². The number of nitrogens with one attached hydrogen (secondary N) is 2. The van der Waals surface area contributed by atoms with Crippen LogP contribution >= 0.6 is 0 Å². The van der Waals surface area contributed by atoms with Crippen molar-refractivity contribution in [3.8, 4) is 28.6 Å². The Labute approximate surface area is 198 Å². The van der Waals surface area contributed by atoms with Crippen molar-refractivity contribution in [2.75, 3.05) is 26.0 Å². The predicted molar refractivity (Wildman–Crippen MR) is 124 cm³/mol. The quantitative estimate of drug-likeness (QED) is 0.377. The molecule has 8 nitrogen and oxygen atoms in total. The van der Waals surface area contributed by atoms with Crippen LogP contribution in [-0.2, 0) is 0 Å². The molecule has 11 heteroatoms. The number of methoxy groups -OCH3 is 1. The highest BCUT2D eigenvalue weighted by atomic mass is 19.3. The topological polar surface area (TPSA) is 89.8 Å². The van der Waals surface area contributed by atoms with Gasteiger partial charge >= 0.3 is 0 Å². The summed E-state index contributed by atoms with van der Waals surface area (Å²) in [5.41, 5.74) is 2.94. The molecule has 4 rings (SSSR count). The fourth-order valence-electron chi connectivity index (χ4n) is 3.53. The number of anilines is 1. The number of fused-ring (bicyclic) bond motifs is 1. The van der Waals surface area contributed by atoms with Gasteiger partial charge in [0.15, 0.2) is 17.2 Å². The molecule has 0 aliphatic heterocycles. The molecule has 0 unspecified atom stereocenters. The largest absolute Gasteiger partial charge is 0.497 e. The molecule has 0 saturated carbocycles. The zero-order valence-electron chi connectivity index (χ0n) is 19.1. The molecular weight excluding hydrogens is 463 g/mol. The molecule has 0 aliphatic rings. The number of rotatable bonds is 8. The summed E-state index contributed by atoms with van der Waals surface area (Å²) < 4.78 is 52.3. The minimum atomic E-state index is -2.61. The summed E-state index contributed by atoms with van der Waals surface area (Å²) in [6, 6.07) is 10.6. The summed E-state index contributed by atoms with van der Waals surface area (Å²) in [6.07, 6.45) is -1.08. The van der Waals surface area contributed by atoms with E-state index in [9.17, 15) is 18.0 Å². The zero-order valence-corrected chi connectivity index (χ0v) is 19.1. The second kappa shape index (κ2) is 9.92. The summed E-state index contributed by atoms with van der Waals surface area (Å²) >= 11 is 0. The molecule has 2 aromatic heterocycles. The van der Waals surface area contributed by atoms with E-state index in [4.69, 9.17) is 9.47 Å². The highest BCUT2D eigenvalue weighted by Crippen LogP contribution is 2.31. The average molecular weight is 485 g/mol. The van der Waals surface area contributed by atoms with Crippen LogP contribution in [-0.4, -0.2) is 47.6 Å². The second-order valence-corrected chi connectivity index (χ2v) is 7.55. The number of imidazole rings is 1. The van der Waals surface area contributed by atoms with Crippen LogP contribution in [0.3, 0.4) is 0 Å². The Kier molecular flexibility index (Phi) is 6.76. The van der Waals surface area contributed by atoms with Crippen molar-refractivity contribution in [3.63, 3.8) is 0 Å². The second-order valence-electron chi connectivity index (χ2n) is 7.55. The Morgan fingerprint density at radius 2 is 1.97 bits per heavy atom. The first-order valence-corrected chi connectivity index (χ1v) is 10.6. The van der Waals surface area contributed by atoms with Gasteiger partial charge in [0, 0.05) is 30.3 Å². The van der Waals surface area contributed by atoms with Gasteiger partial charge in [0.1, 0.15) is 5.75 Å². The highest BCUT2D eigenvalue weighted by molar-refractivity contribution is 5.96. The number of carbonyl (C=O) groups excluding carboxylic acids is 1. The predicted octanol–water partition coefficient (Wildman–Crippen LogP) is 4.68. The number of amides is 1. The molecule has 0 saturated heterocycles. The molecule has 0 fully saturated rings. The molecule has 0 aliphatic carbocycles. The third kappa shape index (κ3) is 4.98. The van der Waals surface area contributed by atoms with Gasteiger partial charge in [0.05, 0.1) is 31.2 Å². The van der Waals surface area contributed by atoms with Gasteiger partial charge in [0.25, 0.3) is 12.3 Å². The van der Waals surface area contributed by atoms with Crippen molar-refractivity contribution < 1.29 is 27.4 Å². The van der Waals surface area contributed by atoms with Gasteiger partial charge in [-0.05, 0) is 36.8 Å². The maximum absolute atomic E-state index is 14.5. The van der Waals surface area contributed by atoms with Gasteiger partial charge in [-0.25, -0.2) is 22.7 Å². The molecule has 2 heterocycles. The van der Waals surface area contributed by atoms with Gasteiger partial charge in [0.2, 0.25) is 5.88 Å². The first-order valence-electron chi connectivity index (χ1n) is 10.6. The molecule has 0 radical (unpaired) electrons. The van der Waals surface area contributed by atoms with Crippen LogP contribution < -0.4 is 20.1 Å². The Hall–Kier alpha value is -4.28. The minimum Gasteiger partial charge on any atom is -0.497 e. The first kappa shape index (κ1) is 23.9. The molecule has 0 bridgehead atoms. The van der Waals surface area contributed by atoms with E-state index in [0.29, 0.717) is 22.6 Å². The van der Waals surface area contributed by atoms with Crippen LogP contribution in [0.5, 0.6) is 17.4 Å². The first-order chi connectivity index (χ1) is 16.8. The number of aromatic nitrogens is 3. The van der Waals surface area contributed by atoms with Crippen molar-refractivity contribution in [3.05, 3.63) is 65.6 Å². The van der Waals surface area contributed by atoms with Gasteiger partial charge in [-0.2, -0.15) is 0 Å². The standard InChI is InChI=1S/C24H22F3N5O3/c1-13-8-14(4-6-16(13)24(33)28-2)19-11-30-23-18(29-12-21(26)27)10-22(31-32(19)23)35-20-7-5-15(34-3)9-17(20)25/h4-11,21,29H,12H2,1-3H3,(H,28,33). The molecular formula is C24H22F3N5O3. The minimum absolute atomic E-state index is 0.0451. The summed E-state index contributed by atoms with van der Waals surface area (Å²) in [7, 11) is 2.96. The molecule has 1 amide bonds. The van der Waals surface area contributed by atoms with Crippen LogP contribution in [0.1, 0.15) is 15.9 Å². The normalized spacial score (nSPS) is 11.1.